The van der Waals surface area contributed by atoms with E-state index in [1.807, 2.05) is 0 Å². The van der Waals surface area contributed by atoms with Crippen molar-refractivity contribution in [2.45, 2.75) is 71.0 Å². The first-order valence-corrected chi connectivity index (χ1v) is 9.05. The first-order chi connectivity index (χ1) is 10.4. The van der Waals surface area contributed by atoms with Crippen LogP contribution < -0.4 is 0 Å². The SMILES string of the molecule is CC12C=CCC1C(O)C(C1(C)CCC(O)CC1CCO)CC2. The molecule has 0 amide bonds. The second-order valence-electron chi connectivity index (χ2n) is 8.53. The Hall–Kier alpha value is -0.380. The smallest absolute Gasteiger partial charge is 0.0613 e. The van der Waals surface area contributed by atoms with Crippen LogP contribution in [-0.4, -0.2) is 34.1 Å². The van der Waals surface area contributed by atoms with Crippen molar-refractivity contribution in [3.8, 4) is 0 Å². The van der Waals surface area contributed by atoms with Crippen LogP contribution in [0.15, 0.2) is 12.2 Å². The van der Waals surface area contributed by atoms with Crippen LogP contribution in [0.4, 0.5) is 0 Å². The second kappa shape index (κ2) is 5.92. The van der Waals surface area contributed by atoms with E-state index in [0.29, 0.717) is 17.8 Å². The Morgan fingerprint density at radius 3 is 2.59 bits per heavy atom. The van der Waals surface area contributed by atoms with Crippen LogP contribution in [0.5, 0.6) is 0 Å². The molecule has 22 heavy (non-hydrogen) atoms. The molecule has 2 saturated carbocycles. The summed E-state index contributed by atoms with van der Waals surface area (Å²) in [7, 11) is 0. The third-order valence-electron chi connectivity index (χ3n) is 7.38. The maximum absolute atomic E-state index is 11.1. The third-order valence-corrected chi connectivity index (χ3v) is 7.38. The van der Waals surface area contributed by atoms with E-state index < -0.39 is 0 Å². The fourth-order valence-electron chi connectivity index (χ4n) is 5.80. The summed E-state index contributed by atoms with van der Waals surface area (Å²) in [6, 6.07) is 0. The molecule has 0 aromatic rings. The Balaban J connectivity index is 1.82. The van der Waals surface area contributed by atoms with Gasteiger partial charge in [0.25, 0.3) is 0 Å². The van der Waals surface area contributed by atoms with Gasteiger partial charge in [0.15, 0.2) is 0 Å². The van der Waals surface area contributed by atoms with Crippen molar-refractivity contribution in [1.29, 1.82) is 0 Å². The van der Waals surface area contributed by atoms with Gasteiger partial charge in [0, 0.05) is 6.61 Å². The largest absolute Gasteiger partial charge is 0.396 e. The Kier molecular flexibility index (Phi) is 4.43. The minimum Gasteiger partial charge on any atom is -0.396 e. The lowest BCUT2D eigenvalue weighted by Crippen LogP contribution is -2.52. The maximum Gasteiger partial charge on any atom is 0.0613 e. The summed E-state index contributed by atoms with van der Waals surface area (Å²) in [6.07, 6.45) is 10.6. The highest BCUT2D eigenvalue weighted by molar-refractivity contribution is 5.15. The topological polar surface area (TPSA) is 60.7 Å². The normalized spacial score (nSPS) is 51.8. The van der Waals surface area contributed by atoms with Gasteiger partial charge in [-0.05, 0) is 73.5 Å². The lowest BCUT2D eigenvalue weighted by Gasteiger charge is -2.55. The molecule has 0 aromatic carbocycles. The van der Waals surface area contributed by atoms with E-state index in [1.54, 1.807) is 0 Å². The Morgan fingerprint density at radius 1 is 1.09 bits per heavy atom. The molecule has 0 heterocycles. The summed E-state index contributed by atoms with van der Waals surface area (Å²) in [4.78, 5) is 0. The lowest BCUT2D eigenvalue weighted by molar-refractivity contribution is -0.121. The van der Waals surface area contributed by atoms with Gasteiger partial charge >= 0.3 is 0 Å². The van der Waals surface area contributed by atoms with E-state index in [2.05, 4.69) is 26.0 Å². The molecular weight excluding hydrogens is 276 g/mol. The molecule has 0 aliphatic heterocycles. The predicted molar refractivity (Wildman–Crippen MR) is 87.2 cm³/mol. The Labute approximate surface area is 134 Å². The van der Waals surface area contributed by atoms with Gasteiger partial charge in [-0.15, -0.1) is 0 Å². The van der Waals surface area contributed by atoms with Gasteiger partial charge in [-0.25, -0.2) is 0 Å². The van der Waals surface area contributed by atoms with E-state index in [-0.39, 0.29) is 29.6 Å². The van der Waals surface area contributed by atoms with Gasteiger partial charge in [-0.1, -0.05) is 26.0 Å². The fourth-order valence-corrected chi connectivity index (χ4v) is 5.80. The molecule has 2 fully saturated rings. The van der Waals surface area contributed by atoms with Gasteiger partial charge in [-0.2, -0.15) is 0 Å². The van der Waals surface area contributed by atoms with Gasteiger partial charge < -0.3 is 15.3 Å². The van der Waals surface area contributed by atoms with E-state index in [1.165, 1.54) is 0 Å². The number of aliphatic hydroxyl groups is 3. The van der Waals surface area contributed by atoms with Crippen molar-refractivity contribution in [3.05, 3.63) is 12.2 Å². The maximum atomic E-state index is 11.1. The summed E-state index contributed by atoms with van der Waals surface area (Å²) in [5, 5.41) is 30.6. The second-order valence-corrected chi connectivity index (χ2v) is 8.53. The average Bonchev–Trinajstić information content (AvgIpc) is 2.86. The van der Waals surface area contributed by atoms with Crippen molar-refractivity contribution in [3.63, 3.8) is 0 Å². The standard InChI is InChI=1S/C19H32O3/c1-18-8-3-4-15(18)17(22)16(6-9-18)19(2)10-5-14(21)12-13(19)7-11-20/h3,8,13-17,20-22H,4-7,9-12H2,1-2H3. The minimum atomic E-state index is -0.254. The molecule has 7 unspecified atom stereocenters. The predicted octanol–water partition coefficient (Wildman–Crippen LogP) is 2.89. The zero-order chi connectivity index (χ0) is 16.0. The molecule has 126 valence electrons. The first kappa shape index (κ1) is 16.5. The van der Waals surface area contributed by atoms with Crippen LogP contribution in [0.2, 0.25) is 0 Å². The number of aliphatic hydroxyl groups excluding tert-OH is 3. The number of allylic oxidation sites excluding steroid dienone is 2. The number of hydrogen-bond acceptors (Lipinski definition) is 3. The monoisotopic (exact) mass is 308 g/mol. The number of rotatable bonds is 3. The molecule has 0 aromatic heterocycles. The van der Waals surface area contributed by atoms with Crippen molar-refractivity contribution < 1.29 is 15.3 Å². The molecule has 3 N–H and O–H groups in total. The van der Waals surface area contributed by atoms with E-state index in [4.69, 9.17) is 0 Å². The summed E-state index contributed by atoms with van der Waals surface area (Å²) in [6.45, 7) is 4.77. The van der Waals surface area contributed by atoms with Gasteiger partial charge in [0.05, 0.1) is 12.2 Å². The van der Waals surface area contributed by atoms with Crippen LogP contribution >= 0.6 is 0 Å². The zero-order valence-electron chi connectivity index (χ0n) is 14.0. The van der Waals surface area contributed by atoms with E-state index in [9.17, 15) is 15.3 Å². The van der Waals surface area contributed by atoms with Crippen molar-refractivity contribution in [2.24, 2.45) is 28.6 Å². The highest BCUT2D eigenvalue weighted by atomic mass is 16.3. The molecule has 3 nitrogen and oxygen atoms in total. The average molecular weight is 308 g/mol. The molecule has 3 heteroatoms. The van der Waals surface area contributed by atoms with E-state index >= 15 is 0 Å². The number of fused-ring (bicyclic) bond motifs is 1. The fraction of sp³-hybridized carbons (Fsp3) is 0.895. The van der Waals surface area contributed by atoms with Gasteiger partial charge in [0.2, 0.25) is 0 Å². The summed E-state index contributed by atoms with van der Waals surface area (Å²) >= 11 is 0. The molecule has 3 aliphatic carbocycles. The van der Waals surface area contributed by atoms with Crippen molar-refractivity contribution in [1.82, 2.24) is 0 Å². The Bertz CT molecular complexity index is 434. The summed E-state index contributed by atoms with van der Waals surface area (Å²) in [5.41, 5.74) is 0.220. The van der Waals surface area contributed by atoms with Gasteiger partial charge in [0.1, 0.15) is 0 Å². The van der Waals surface area contributed by atoms with Gasteiger partial charge in [-0.3, -0.25) is 0 Å². The molecule has 0 radical (unpaired) electrons. The van der Waals surface area contributed by atoms with Crippen LogP contribution in [0.3, 0.4) is 0 Å². The number of hydrogen-bond donors (Lipinski definition) is 3. The molecule has 7 atom stereocenters. The first-order valence-electron chi connectivity index (χ1n) is 9.05. The molecule has 0 spiro atoms. The zero-order valence-corrected chi connectivity index (χ0v) is 14.0. The van der Waals surface area contributed by atoms with Crippen LogP contribution in [-0.2, 0) is 0 Å². The van der Waals surface area contributed by atoms with E-state index in [0.717, 1.165) is 44.9 Å². The van der Waals surface area contributed by atoms with Crippen molar-refractivity contribution >= 4 is 0 Å². The highest BCUT2D eigenvalue weighted by Crippen LogP contribution is 2.58. The molecule has 3 rings (SSSR count). The quantitative estimate of drug-likeness (QED) is 0.703. The Morgan fingerprint density at radius 2 is 1.86 bits per heavy atom. The lowest BCUT2D eigenvalue weighted by atomic mass is 9.51. The van der Waals surface area contributed by atoms with Crippen LogP contribution in [0, 0.1) is 28.6 Å². The summed E-state index contributed by atoms with van der Waals surface area (Å²) < 4.78 is 0. The van der Waals surface area contributed by atoms with Crippen LogP contribution in [0.1, 0.15) is 58.8 Å². The minimum absolute atomic E-state index is 0.0469. The highest BCUT2D eigenvalue weighted by Gasteiger charge is 2.54. The van der Waals surface area contributed by atoms with Crippen molar-refractivity contribution in [2.75, 3.05) is 6.61 Å². The van der Waals surface area contributed by atoms with Crippen LogP contribution in [0.25, 0.3) is 0 Å². The molecular formula is C19H32O3. The molecule has 3 aliphatic rings. The molecule has 0 bridgehead atoms. The summed E-state index contributed by atoms with van der Waals surface area (Å²) in [5.74, 6) is 0.971. The molecule has 0 saturated heterocycles. The third kappa shape index (κ3) is 2.55.